The highest BCUT2D eigenvalue weighted by atomic mass is 31.2. The molecule has 112 valence electrons. The molecule has 2 bridgehead atoms. The van der Waals surface area contributed by atoms with Crippen LogP contribution in [0.2, 0.25) is 0 Å². The van der Waals surface area contributed by atoms with Crippen LogP contribution in [0.1, 0.15) is 25.7 Å². The molecule has 0 aliphatic heterocycles. The molecular formula is C9H19NO7P2. The lowest BCUT2D eigenvalue weighted by Crippen LogP contribution is -2.41. The van der Waals surface area contributed by atoms with E-state index in [0.29, 0.717) is 0 Å². The minimum Gasteiger partial charge on any atom is -0.368 e. The van der Waals surface area contributed by atoms with Gasteiger partial charge in [0.15, 0.2) is 0 Å². The molecule has 0 radical (unpaired) electrons. The average Bonchev–Trinajstić information content (AvgIpc) is 2.78. The highest BCUT2D eigenvalue weighted by Crippen LogP contribution is 2.71. The van der Waals surface area contributed by atoms with Gasteiger partial charge in [0.2, 0.25) is 0 Å². The maximum atomic E-state index is 11.3. The fourth-order valence-corrected chi connectivity index (χ4v) is 5.74. The van der Waals surface area contributed by atoms with Crippen molar-refractivity contribution < 1.29 is 33.8 Å². The van der Waals surface area contributed by atoms with E-state index in [4.69, 9.17) is 25.3 Å². The summed E-state index contributed by atoms with van der Waals surface area (Å²) in [6.07, 6.45) is 1.88. The van der Waals surface area contributed by atoms with E-state index in [9.17, 15) is 14.2 Å². The van der Waals surface area contributed by atoms with Crippen LogP contribution in [0.5, 0.6) is 0 Å². The molecule has 0 amide bonds. The Morgan fingerprint density at radius 3 is 1.89 bits per heavy atom. The van der Waals surface area contributed by atoms with Crippen molar-refractivity contribution >= 4 is 15.2 Å². The van der Waals surface area contributed by atoms with E-state index in [2.05, 4.69) is 0 Å². The van der Waals surface area contributed by atoms with Crippen molar-refractivity contribution in [2.24, 2.45) is 23.5 Å². The molecule has 10 heteroatoms. The summed E-state index contributed by atoms with van der Waals surface area (Å²) < 4.78 is 22.6. The fraction of sp³-hybridized carbons (Fsp3) is 1.00. The second-order valence-electron chi connectivity index (χ2n) is 5.64. The van der Waals surface area contributed by atoms with Crippen LogP contribution < -0.4 is 5.73 Å². The van der Waals surface area contributed by atoms with Crippen LogP contribution in [0.25, 0.3) is 0 Å². The third kappa shape index (κ3) is 2.45. The van der Waals surface area contributed by atoms with Gasteiger partial charge in [-0.2, -0.15) is 0 Å². The zero-order chi connectivity index (χ0) is 14.6. The van der Waals surface area contributed by atoms with Crippen molar-refractivity contribution in [1.29, 1.82) is 0 Å². The predicted molar refractivity (Wildman–Crippen MR) is 66.0 cm³/mol. The molecule has 2 saturated carbocycles. The monoisotopic (exact) mass is 315 g/mol. The van der Waals surface area contributed by atoms with Crippen LogP contribution >= 0.6 is 15.2 Å². The van der Waals surface area contributed by atoms with E-state index in [0.717, 1.165) is 19.3 Å². The van der Waals surface area contributed by atoms with Gasteiger partial charge in [-0.1, -0.05) is 0 Å². The molecule has 0 aromatic carbocycles. The largest absolute Gasteiger partial charge is 0.369 e. The minimum atomic E-state index is -5.37. The summed E-state index contributed by atoms with van der Waals surface area (Å²) in [5.74, 6) is -0.179. The summed E-state index contributed by atoms with van der Waals surface area (Å²) in [7, 11) is -10.7. The number of hydrogen-bond acceptors (Lipinski definition) is 4. The van der Waals surface area contributed by atoms with E-state index in [1.807, 2.05) is 0 Å². The molecule has 8 nitrogen and oxygen atoms in total. The smallest absolute Gasteiger partial charge is 0.368 e. The molecule has 4 atom stereocenters. The first-order chi connectivity index (χ1) is 8.47. The minimum absolute atomic E-state index is 0.0737. The third-order valence-electron chi connectivity index (χ3n) is 4.60. The Labute approximate surface area is 110 Å². The van der Waals surface area contributed by atoms with Gasteiger partial charge in [-0.3, -0.25) is 9.13 Å². The zero-order valence-corrected chi connectivity index (χ0v) is 12.0. The summed E-state index contributed by atoms with van der Waals surface area (Å²) in [6, 6.07) is -0.372. The lowest BCUT2D eigenvalue weighted by atomic mass is 9.83. The predicted octanol–water partition coefficient (Wildman–Crippen LogP) is -0.249. The quantitative estimate of drug-likeness (QED) is 0.387. The molecule has 0 spiro atoms. The Morgan fingerprint density at radius 1 is 1.05 bits per heavy atom. The first-order valence-corrected chi connectivity index (χ1v) is 9.29. The Hall–Kier alpha value is 0.220. The van der Waals surface area contributed by atoms with Crippen LogP contribution in [0.15, 0.2) is 0 Å². The molecule has 0 aromatic heterocycles. The van der Waals surface area contributed by atoms with Crippen molar-refractivity contribution in [2.45, 2.75) is 36.8 Å². The Bertz CT molecular complexity index is 433. The van der Waals surface area contributed by atoms with Crippen molar-refractivity contribution in [1.82, 2.24) is 0 Å². The van der Waals surface area contributed by atoms with Crippen molar-refractivity contribution in [3.63, 3.8) is 0 Å². The number of nitrogens with two attached hydrogens (primary N) is 1. The lowest BCUT2D eigenvalue weighted by molar-refractivity contribution is 0.0897. The average molecular weight is 315 g/mol. The molecule has 0 heterocycles. The van der Waals surface area contributed by atoms with Crippen molar-refractivity contribution in [3.8, 4) is 0 Å². The second-order valence-corrected chi connectivity index (χ2v) is 9.65. The van der Waals surface area contributed by atoms with Crippen LogP contribution in [0.4, 0.5) is 0 Å². The number of rotatable bonds is 4. The van der Waals surface area contributed by atoms with E-state index in [1.165, 1.54) is 0 Å². The molecule has 2 aliphatic rings. The van der Waals surface area contributed by atoms with E-state index >= 15 is 0 Å². The van der Waals surface area contributed by atoms with E-state index in [-0.39, 0.29) is 17.9 Å². The molecule has 4 unspecified atom stereocenters. The number of aliphatic hydroxyl groups is 1. The van der Waals surface area contributed by atoms with E-state index < -0.39 is 32.6 Å². The summed E-state index contributed by atoms with van der Waals surface area (Å²) in [5.41, 5.74) is 5.94. The van der Waals surface area contributed by atoms with Gasteiger partial charge >= 0.3 is 15.2 Å². The standard InChI is InChI=1S/C9H19NO7P2/c10-8-6-2-1-5(3-6)7(8)4-9(11,18(12,13)14)19(15,16)17/h5-8,11H,1-4,10H2,(H2,12,13,14)(H2,15,16,17). The summed E-state index contributed by atoms with van der Waals surface area (Å²) in [6.45, 7) is 0. The maximum absolute atomic E-state index is 11.3. The van der Waals surface area contributed by atoms with Gasteiger partial charge in [0.1, 0.15) is 0 Å². The van der Waals surface area contributed by atoms with Crippen molar-refractivity contribution in [2.75, 3.05) is 0 Å². The number of hydrogen-bond donors (Lipinski definition) is 6. The SMILES string of the molecule is NC1C2CCC(C2)C1CC(O)(P(=O)(O)O)P(=O)(O)O. The van der Waals surface area contributed by atoms with Gasteiger partial charge in [0.05, 0.1) is 0 Å². The first-order valence-electron chi connectivity index (χ1n) is 6.06. The zero-order valence-electron chi connectivity index (χ0n) is 10.2. The lowest BCUT2D eigenvalue weighted by Gasteiger charge is -2.36. The Morgan fingerprint density at radius 2 is 1.53 bits per heavy atom. The molecule has 2 fully saturated rings. The third-order valence-corrected chi connectivity index (χ3v) is 8.39. The first kappa shape index (κ1) is 15.6. The van der Waals surface area contributed by atoms with E-state index in [1.54, 1.807) is 0 Å². The van der Waals surface area contributed by atoms with Crippen LogP contribution in [-0.4, -0.2) is 35.8 Å². The maximum Gasteiger partial charge on any atom is 0.369 e. The second kappa shape index (κ2) is 4.61. The molecule has 2 rings (SSSR count). The highest BCUT2D eigenvalue weighted by Gasteiger charge is 2.62. The molecule has 19 heavy (non-hydrogen) atoms. The Balaban J connectivity index is 2.28. The van der Waals surface area contributed by atoms with Crippen LogP contribution in [0.3, 0.4) is 0 Å². The normalized spacial score (nSPS) is 35.9. The number of fused-ring (bicyclic) bond motifs is 2. The Kier molecular flexibility index (Phi) is 3.79. The highest BCUT2D eigenvalue weighted by molar-refractivity contribution is 7.72. The van der Waals surface area contributed by atoms with Gasteiger partial charge < -0.3 is 30.4 Å². The van der Waals surface area contributed by atoms with Crippen molar-refractivity contribution in [3.05, 3.63) is 0 Å². The van der Waals surface area contributed by atoms with Crippen LogP contribution in [0, 0.1) is 17.8 Å². The summed E-state index contributed by atoms with van der Waals surface area (Å²) in [5, 5.41) is 6.58. The molecule has 2 aliphatic carbocycles. The van der Waals surface area contributed by atoms with Gasteiger partial charge in [-0.15, -0.1) is 0 Å². The topological polar surface area (TPSA) is 161 Å². The van der Waals surface area contributed by atoms with Crippen LogP contribution in [-0.2, 0) is 9.13 Å². The molecule has 0 aromatic rings. The van der Waals surface area contributed by atoms with Gasteiger partial charge in [-0.25, -0.2) is 0 Å². The summed E-state index contributed by atoms with van der Waals surface area (Å²) >= 11 is 0. The fourth-order valence-electron chi connectivity index (χ4n) is 3.48. The van der Waals surface area contributed by atoms with Gasteiger partial charge in [0.25, 0.3) is 5.08 Å². The molecular weight excluding hydrogens is 296 g/mol. The van der Waals surface area contributed by atoms with Gasteiger partial charge in [-0.05, 0) is 37.0 Å². The summed E-state index contributed by atoms with van der Waals surface area (Å²) in [4.78, 5) is 36.5. The molecule has 7 N–H and O–H groups in total. The molecule has 0 saturated heterocycles. The van der Waals surface area contributed by atoms with Gasteiger partial charge in [0, 0.05) is 12.5 Å².